The van der Waals surface area contributed by atoms with E-state index in [-0.39, 0.29) is 29.1 Å². The first-order valence-corrected chi connectivity index (χ1v) is 10.2. The van der Waals surface area contributed by atoms with Gasteiger partial charge in [-0.15, -0.1) is 0 Å². The average Bonchev–Trinajstić information content (AvgIpc) is 2.74. The molecule has 3 N–H and O–H groups in total. The lowest BCUT2D eigenvalue weighted by atomic mass is 9.51. The normalized spacial score (nSPS) is 28.8. The Bertz CT molecular complexity index is 1040. The second-order valence-corrected chi connectivity index (χ2v) is 8.19. The van der Waals surface area contributed by atoms with E-state index in [0.717, 1.165) is 11.1 Å². The molecule has 4 atom stereocenters. The number of amidine groups is 1. The van der Waals surface area contributed by atoms with Crippen molar-refractivity contribution in [2.75, 3.05) is 7.11 Å². The summed E-state index contributed by atoms with van der Waals surface area (Å²) in [5, 5.41) is 2.77. The molecule has 1 spiro atoms. The maximum absolute atomic E-state index is 13.6. The number of hydrogen-bond acceptors (Lipinski definition) is 5. The number of hydrogen-bond donors (Lipinski definition) is 2. The molecular formula is C23H23N3O3S. The number of Topliss-reactive ketones (excluding diaryl/α,β-unsaturated/α-hetero) is 1. The second kappa shape index (κ2) is 7.65. The average molecular weight is 422 g/mol. The van der Waals surface area contributed by atoms with Crippen LogP contribution in [-0.4, -0.2) is 29.7 Å². The van der Waals surface area contributed by atoms with Gasteiger partial charge in [0.1, 0.15) is 22.8 Å². The molecule has 4 rings (SSSR count). The fourth-order valence-electron chi connectivity index (χ4n) is 4.96. The highest BCUT2D eigenvalue weighted by molar-refractivity contribution is 7.80. The third-order valence-corrected chi connectivity index (χ3v) is 6.57. The van der Waals surface area contributed by atoms with Gasteiger partial charge in [0.15, 0.2) is 0 Å². The van der Waals surface area contributed by atoms with E-state index in [2.05, 4.69) is 10.3 Å². The maximum Gasteiger partial charge on any atom is 0.241 e. The zero-order chi connectivity index (χ0) is 21.5. The van der Waals surface area contributed by atoms with Crippen LogP contribution in [0.5, 0.6) is 5.75 Å². The van der Waals surface area contributed by atoms with Gasteiger partial charge in [-0.05, 0) is 35.5 Å². The van der Waals surface area contributed by atoms with Crippen molar-refractivity contribution in [3.8, 4) is 5.75 Å². The molecule has 7 heteroatoms. The molecule has 1 aliphatic carbocycles. The summed E-state index contributed by atoms with van der Waals surface area (Å²) in [6.07, 6.45) is 0.188. The van der Waals surface area contributed by atoms with Crippen molar-refractivity contribution in [1.29, 1.82) is 0 Å². The number of benzene rings is 2. The number of ether oxygens (including phenoxy) is 1. The van der Waals surface area contributed by atoms with Crippen LogP contribution < -0.4 is 15.8 Å². The standard InChI is InChI=1S/C23H23N3O3S/c1-13-18(27)12-17(14-8-10-16(29-2)11-9-14)23(19(13)15-6-4-3-5-7-15)20(24)25-22(30)26-21(23)28/h3-11,13,17,19H,12H2,1-2H3,(H3,24,25,26,28,30)/t13-,17+,19-,23?/m0/s1. The summed E-state index contributed by atoms with van der Waals surface area (Å²) >= 11 is 5.13. The van der Waals surface area contributed by atoms with Crippen LogP contribution in [0.4, 0.5) is 0 Å². The number of nitrogens with two attached hydrogens (primary N) is 1. The summed E-state index contributed by atoms with van der Waals surface area (Å²) in [7, 11) is 1.59. The smallest absolute Gasteiger partial charge is 0.241 e. The van der Waals surface area contributed by atoms with Gasteiger partial charge in [0, 0.05) is 24.2 Å². The molecule has 1 unspecified atom stereocenters. The number of nitrogens with zero attached hydrogens (tertiary/aromatic N) is 1. The SMILES string of the molecule is COc1ccc([C@H]2CC(=O)[C@H](C)[C@@H](c3ccccc3)C23C(=O)NC(=S)N=C3N)cc1. The number of aliphatic imine (C=N–C) groups is 1. The molecule has 154 valence electrons. The van der Waals surface area contributed by atoms with Gasteiger partial charge < -0.3 is 15.8 Å². The third-order valence-electron chi connectivity index (χ3n) is 6.37. The summed E-state index contributed by atoms with van der Waals surface area (Å²) in [5.74, 6) is -0.738. The number of nitrogens with one attached hydrogen (secondary N) is 1. The zero-order valence-electron chi connectivity index (χ0n) is 16.8. The lowest BCUT2D eigenvalue weighted by molar-refractivity contribution is -0.136. The monoisotopic (exact) mass is 421 g/mol. The molecule has 1 aliphatic heterocycles. The Morgan fingerprint density at radius 3 is 2.37 bits per heavy atom. The Morgan fingerprint density at radius 1 is 1.10 bits per heavy atom. The second-order valence-electron chi connectivity index (χ2n) is 7.80. The molecule has 2 aromatic rings. The van der Waals surface area contributed by atoms with Crippen LogP contribution in [0.15, 0.2) is 59.6 Å². The van der Waals surface area contributed by atoms with Crippen molar-refractivity contribution >= 4 is 34.9 Å². The van der Waals surface area contributed by atoms with Crippen LogP contribution in [0.1, 0.15) is 36.3 Å². The van der Waals surface area contributed by atoms with Crippen molar-refractivity contribution in [3.05, 3.63) is 65.7 Å². The van der Waals surface area contributed by atoms with Crippen LogP contribution in [0, 0.1) is 11.3 Å². The van der Waals surface area contributed by atoms with Crippen LogP contribution in [0.3, 0.4) is 0 Å². The molecule has 1 fully saturated rings. The first-order valence-electron chi connectivity index (χ1n) is 9.81. The Balaban J connectivity index is 1.98. The molecule has 0 saturated heterocycles. The first kappa shape index (κ1) is 20.2. The third kappa shape index (κ3) is 3.01. The first-order chi connectivity index (χ1) is 14.4. The maximum atomic E-state index is 13.6. The largest absolute Gasteiger partial charge is 0.497 e. The molecular weight excluding hydrogens is 398 g/mol. The van der Waals surface area contributed by atoms with Gasteiger partial charge in [-0.3, -0.25) is 9.59 Å². The van der Waals surface area contributed by atoms with Gasteiger partial charge in [-0.1, -0.05) is 49.4 Å². The quantitative estimate of drug-likeness (QED) is 0.744. The van der Waals surface area contributed by atoms with E-state index in [1.165, 1.54) is 0 Å². The fourth-order valence-corrected chi connectivity index (χ4v) is 5.15. The summed E-state index contributed by atoms with van der Waals surface area (Å²) < 4.78 is 5.27. The van der Waals surface area contributed by atoms with Crippen LogP contribution in [0.25, 0.3) is 0 Å². The minimum absolute atomic E-state index is 0.0490. The Labute approximate surface area is 180 Å². The number of carbonyl (C=O) groups is 2. The van der Waals surface area contributed by atoms with Crippen molar-refractivity contribution in [2.24, 2.45) is 22.1 Å². The van der Waals surface area contributed by atoms with Gasteiger partial charge in [0.25, 0.3) is 0 Å². The van der Waals surface area contributed by atoms with E-state index in [1.807, 2.05) is 61.5 Å². The Morgan fingerprint density at radius 2 is 1.77 bits per heavy atom. The number of carbonyl (C=O) groups excluding carboxylic acids is 2. The van der Waals surface area contributed by atoms with Gasteiger partial charge in [-0.25, -0.2) is 4.99 Å². The Hall–Kier alpha value is -3.06. The number of ketones is 1. The molecule has 0 radical (unpaired) electrons. The highest BCUT2D eigenvalue weighted by Gasteiger charge is 2.62. The molecule has 2 aromatic carbocycles. The number of methoxy groups -OCH3 is 1. The van der Waals surface area contributed by atoms with Crippen molar-refractivity contribution in [2.45, 2.75) is 25.2 Å². The molecule has 0 bridgehead atoms. The molecule has 1 saturated carbocycles. The molecule has 0 aromatic heterocycles. The molecule has 2 aliphatic rings. The van der Waals surface area contributed by atoms with Gasteiger partial charge in [-0.2, -0.15) is 0 Å². The van der Waals surface area contributed by atoms with E-state index >= 15 is 0 Å². The van der Waals surface area contributed by atoms with E-state index in [1.54, 1.807) is 7.11 Å². The van der Waals surface area contributed by atoms with E-state index in [9.17, 15) is 9.59 Å². The van der Waals surface area contributed by atoms with Crippen LogP contribution >= 0.6 is 12.2 Å². The highest BCUT2D eigenvalue weighted by Crippen LogP contribution is 2.57. The predicted molar refractivity (Wildman–Crippen MR) is 119 cm³/mol. The number of rotatable bonds is 3. The summed E-state index contributed by atoms with van der Waals surface area (Å²) in [4.78, 5) is 31.1. The van der Waals surface area contributed by atoms with E-state index in [4.69, 9.17) is 22.7 Å². The van der Waals surface area contributed by atoms with Gasteiger partial charge in [0.05, 0.1) is 7.11 Å². The lowest BCUT2D eigenvalue weighted by Gasteiger charge is -2.51. The van der Waals surface area contributed by atoms with E-state index in [0.29, 0.717) is 5.75 Å². The van der Waals surface area contributed by atoms with Crippen molar-refractivity contribution in [3.63, 3.8) is 0 Å². The predicted octanol–water partition coefficient (Wildman–Crippen LogP) is 2.93. The molecule has 30 heavy (non-hydrogen) atoms. The summed E-state index contributed by atoms with van der Waals surface area (Å²) in [5.41, 5.74) is 6.98. The summed E-state index contributed by atoms with van der Waals surface area (Å²) in [6.45, 7) is 1.86. The Kier molecular flexibility index (Phi) is 5.15. The zero-order valence-corrected chi connectivity index (χ0v) is 17.6. The highest BCUT2D eigenvalue weighted by atomic mass is 32.1. The van der Waals surface area contributed by atoms with Gasteiger partial charge in [0.2, 0.25) is 11.0 Å². The van der Waals surface area contributed by atoms with E-state index < -0.39 is 23.2 Å². The minimum Gasteiger partial charge on any atom is -0.497 e. The fraction of sp³-hybridized carbons (Fsp3) is 0.304. The number of thiocarbonyl (C=S) groups is 1. The van der Waals surface area contributed by atoms with Crippen LogP contribution in [-0.2, 0) is 9.59 Å². The van der Waals surface area contributed by atoms with Crippen molar-refractivity contribution < 1.29 is 14.3 Å². The lowest BCUT2D eigenvalue weighted by Crippen LogP contribution is -2.64. The number of amides is 1. The minimum atomic E-state index is -1.23. The molecule has 6 nitrogen and oxygen atoms in total. The molecule has 1 amide bonds. The van der Waals surface area contributed by atoms with Crippen molar-refractivity contribution in [1.82, 2.24) is 5.32 Å². The molecule has 1 heterocycles. The van der Waals surface area contributed by atoms with Crippen LogP contribution in [0.2, 0.25) is 0 Å². The topological polar surface area (TPSA) is 93.8 Å². The van der Waals surface area contributed by atoms with Gasteiger partial charge >= 0.3 is 0 Å². The summed E-state index contributed by atoms with van der Waals surface area (Å²) in [6, 6.07) is 17.0.